The van der Waals surface area contributed by atoms with Gasteiger partial charge in [-0.15, -0.1) is 0 Å². The number of fused-ring (bicyclic) bond motifs is 1. The number of carbonyl (C=O) groups is 1. The summed E-state index contributed by atoms with van der Waals surface area (Å²) in [5.41, 5.74) is 2.25. The maximum atomic E-state index is 12.4. The van der Waals surface area contributed by atoms with Crippen LogP contribution in [0.25, 0.3) is 11.0 Å². The second-order valence-electron chi connectivity index (χ2n) is 7.72. The summed E-state index contributed by atoms with van der Waals surface area (Å²) in [6.07, 6.45) is 2.05. The fraction of sp³-hybridized carbons (Fsp3) is 0.600. The second-order valence-corrected chi connectivity index (χ2v) is 7.72. The van der Waals surface area contributed by atoms with Crippen molar-refractivity contribution in [2.24, 2.45) is 5.92 Å². The van der Waals surface area contributed by atoms with Gasteiger partial charge in [0.15, 0.2) is 0 Å². The third-order valence-corrected chi connectivity index (χ3v) is 4.86. The number of likely N-dealkylation sites (tertiary alicyclic amines) is 1. The average Bonchev–Trinajstić information content (AvgIpc) is 2.92. The summed E-state index contributed by atoms with van der Waals surface area (Å²) in [5, 5.41) is 3.06. The van der Waals surface area contributed by atoms with Crippen LogP contribution in [0.2, 0.25) is 0 Å². The van der Waals surface area contributed by atoms with Crippen molar-refractivity contribution >= 4 is 16.9 Å². The first-order valence-corrected chi connectivity index (χ1v) is 9.44. The number of rotatable bonds is 5. The summed E-state index contributed by atoms with van der Waals surface area (Å²) < 4.78 is 2.33. The topological polar surface area (TPSA) is 50.2 Å². The quantitative estimate of drug-likeness (QED) is 0.906. The first-order chi connectivity index (χ1) is 12.0. The number of aromatic nitrogens is 2. The van der Waals surface area contributed by atoms with Crippen LogP contribution >= 0.6 is 0 Å². The lowest BCUT2D eigenvalue weighted by Gasteiger charge is -2.32. The monoisotopic (exact) mass is 342 g/mol. The minimum absolute atomic E-state index is 0.0908. The highest BCUT2D eigenvalue weighted by molar-refractivity contribution is 5.79. The molecule has 0 aliphatic carbocycles. The zero-order valence-electron chi connectivity index (χ0n) is 15.8. The van der Waals surface area contributed by atoms with Crippen LogP contribution < -0.4 is 5.32 Å². The molecular formula is C20H30N4O. The van der Waals surface area contributed by atoms with Crippen molar-refractivity contribution in [3.8, 4) is 0 Å². The van der Waals surface area contributed by atoms with Crippen molar-refractivity contribution < 1.29 is 4.79 Å². The number of imidazole rings is 1. The molecule has 1 aromatic heterocycles. The molecule has 136 valence electrons. The van der Waals surface area contributed by atoms with Gasteiger partial charge in [-0.25, -0.2) is 4.98 Å². The third kappa shape index (κ3) is 4.03. The van der Waals surface area contributed by atoms with Gasteiger partial charge < -0.3 is 9.88 Å². The summed E-state index contributed by atoms with van der Waals surface area (Å²) in [7, 11) is 0. The van der Waals surface area contributed by atoms with Crippen molar-refractivity contribution in [2.45, 2.75) is 59.2 Å². The van der Waals surface area contributed by atoms with E-state index in [1.807, 2.05) is 19.9 Å². The molecule has 1 saturated heterocycles. The van der Waals surface area contributed by atoms with Crippen LogP contribution in [0, 0.1) is 5.92 Å². The van der Waals surface area contributed by atoms with E-state index in [2.05, 4.69) is 46.8 Å². The number of hydrogen-bond donors (Lipinski definition) is 1. The van der Waals surface area contributed by atoms with Gasteiger partial charge in [0, 0.05) is 18.6 Å². The standard InChI is InChI=1S/C20H30N4O/c1-14(2)21-20(25)16-8-7-11-23(12-16)13-19-22-17-9-5-6-10-18(17)24(19)15(3)4/h5-6,9-10,14-16H,7-8,11-13H2,1-4H3,(H,21,25)/t16-/m1/s1. The lowest BCUT2D eigenvalue weighted by Crippen LogP contribution is -2.44. The van der Waals surface area contributed by atoms with Crippen LogP contribution in [0.3, 0.4) is 0 Å². The SMILES string of the molecule is CC(C)NC(=O)[C@@H]1CCCN(Cc2nc3ccccc3n2C(C)C)C1. The predicted octanol–water partition coefficient (Wildman–Crippen LogP) is 3.35. The van der Waals surface area contributed by atoms with E-state index < -0.39 is 0 Å². The Morgan fingerprint density at radius 1 is 1.28 bits per heavy atom. The molecule has 1 atom stereocenters. The van der Waals surface area contributed by atoms with E-state index in [9.17, 15) is 4.79 Å². The molecule has 0 radical (unpaired) electrons. The molecule has 0 spiro atoms. The highest BCUT2D eigenvalue weighted by Gasteiger charge is 2.27. The number of amides is 1. The van der Waals surface area contributed by atoms with E-state index in [1.165, 1.54) is 5.52 Å². The van der Waals surface area contributed by atoms with Crippen LogP contribution in [0.1, 0.15) is 52.4 Å². The minimum atomic E-state index is 0.0908. The fourth-order valence-electron chi connectivity index (χ4n) is 3.80. The van der Waals surface area contributed by atoms with Gasteiger partial charge in [0.1, 0.15) is 5.82 Å². The number of para-hydroxylation sites is 2. The van der Waals surface area contributed by atoms with E-state index in [0.717, 1.165) is 43.8 Å². The van der Waals surface area contributed by atoms with Crippen LogP contribution in [0.5, 0.6) is 0 Å². The molecule has 0 unspecified atom stereocenters. The van der Waals surface area contributed by atoms with Crippen molar-refractivity contribution in [2.75, 3.05) is 13.1 Å². The molecule has 2 heterocycles. The van der Waals surface area contributed by atoms with Crippen molar-refractivity contribution in [1.82, 2.24) is 19.8 Å². The third-order valence-electron chi connectivity index (χ3n) is 4.86. The molecule has 0 saturated carbocycles. The molecule has 1 aliphatic heterocycles. The summed E-state index contributed by atoms with van der Waals surface area (Å²) in [6.45, 7) is 11.1. The molecule has 3 rings (SSSR count). The van der Waals surface area contributed by atoms with Gasteiger partial charge >= 0.3 is 0 Å². The van der Waals surface area contributed by atoms with E-state index in [0.29, 0.717) is 6.04 Å². The van der Waals surface area contributed by atoms with Crippen molar-refractivity contribution in [3.63, 3.8) is 0 Å². The summed E-state index contributed by atoms with van der Waals surface area (Å²) in [5.74, 6) is 1.38. The Morgan fingerprint density at radius 3 is 2.76 bits per heavy atom. The van der Waals surface area contributed by atoms with Gasteiger partial charge in [-0.1, -0.05) is 12.1 Å². The summed E-state index contributed by atoms with van der Waals surface area (Å²) in [6, 6.07) is 8.89. The Labute approximate surface area is 150 Å². The maximum absolute atomic E-state index is 12.4. The van der Waals surface area contributed by atoms with Crippen LogP contribution in [0.15, 0.2) is 24.3 Å². The van der Waals surface area contributed by atoms with Crippen molar-refractivity contribution in [1.29, 1.82) is 0 Å². The zero-order chi connectivity index (χ0) is 18.0. The van der Waals surface area contributed by atoms with Crippen LogP contribution in [-0.4, -0.2) is 39.5 Å². The van der Waals surface area contributed by atoms with Crippen LogP contribution in [0.4, 0.5) is 0 Å². The average molecular weight is 342 g/mol. The first kappa shape index (κ1) is 17.9. The summed E-state index contributed by atoms with van der Waals surface area (Å²) in [4.78, 5) is 19.6. The Morgan fingerprint density at radius 2 is 2.04 bits per heavy atom. The Bertz CT molecular complexity index is 734. The Balaban J connectivity index is 1.77. The van der Waals surface area contributed by atoms with Gasteiger partial charge in [0.05, 0.1) is 23.5 Å². The predicted molar refractivity (Wildman–Crippen MR) is 101 cm³/mol. The van der Waals surface area contributed by atoms with E-state index >= 15 is 0 Å². The van der Waals surface area contributed by atoms with Crippen LogP contribution in [-0.2, 0) is 11.3 Å². The minimum Gasteiger partial charge on any atom is -0.354 e. The number of nitrogens with one attached hydrogen (secondary N) is 1. The normalized spacial score (nSPS) is 19.0. The van der Waals surface area contributed by atoms with E-state index in [1.54, 1.807) is 0 Å². The molecule has 1 aromatic carbocycles. The molecule has 5 heteroatoms. The Kier molecular flexibility index (Phi) is 5.42. The molecule has 25 heavy (non-hydrogen) atoms. The second kappa shape index (κ2) is 7.56. The number of nitrogens with zero attached hydrogens (tertiary/aromatic N) is 3. The maximum Gasteiger partial charge on any atom is 0.224 e. The highest BCUT2D eigenvalue weighted by atomic mass is 16.2. The lowest BCUT2D eigenvalue weighted by atomic mass is 9.97. The lowest BCUT2D eigenvalue weighted by molar-refractivity contribution is -0.127. The molecule has 1 amide bonds. The largest absolute Gasteiger partial charge is 0.354 e. The van der Waals surface area contributed by atoms with Gasteiger partial charge in [-0.05, 0) is 59.2 Å². The molecule has 2 aromatic rings. The number of carbonyl (C=O) groups excluding carboxylic acids is 1. The molecule has 1 fully saturated rings. The molecule has 0 bridgehead atoms. The van der Waals surface area contributed by atoms with E-state index in [4.69, 9.17) is 4.98 Å². The number of piperidine rings is 1. The fourth-order valence-corrected chi connectivity index (χ4v) is 3.80. The molecule has 1 N–H and O–H groups in total. The van der Waals surface area contributed by atoms with Gasteiger partial charge in [0.2, 0.25) is 5.91 Å². The Hall–Kier alpha value is -1.88. The number of hydrogen-bond acceptors (Lipinski definition) is 3. The van der Waals surface area contributed by atoms with Gasteiger partial charge in [-0.2, -0.15) is 0 Å². The summed E-state index contributed by atoms with van der Waals surface area (Å²) >= 11 is 0. The van der Waals surface area contributed by atoms with E-state index in [-0.39, 0.29) is 17.9 Å². The number of benzene rings is 1. The van der Waals surface area contributed by atoms with Crippen molar-refractivity contribution in [3.05, 3.63) is 30.1 Å². The van der Waals surface area contributed by atoms with Gasteiger partial charge in [0.25, 0.3) is 0 Å². The zero-order valence-corrected chi connectivity index (χ0v) is 15.8. The highest BCUT2D eigenvalue weighted by Crippen LogP contribution is 2.24. The molecule has 5 nitrogen and oxygen atoms in total. The smallest absolute Gasteiger partial charge is 0.224 e. The van der Waals surface area contributed by atoms with Gasteiger partial charge in [-0.3, -0.25) is 9.69 Å². The molecular weight excluding hydrogens is 312 g/mol. The first-order valence-electron chi connectivity index (χ1n) is 9.44. The molecule has 1 aliphatic rings.